The van der Waals surface area contributed by atoms with Crippen LogP contribution in [0.15, 0.2) is 66.7 Å². The number of piperazine rings is 1. The van der Waals surface area contributed by atoms with Crippen LogP contribution in [-0.4, -0.2) is 48.9 Å². The first-order valence-electron chi connectivity index (χ1n) is 9.03. The van der Waals surface area contributed by atoms with Gasteiger partial charge in [-0.05, 0) is 48.2 Å². The lowest BCUT2D eigenvalue weighted by atomic mass is 10.1. The molecule has 1 fully saturated rings. The van der Waals surface area contributed by atoms with Gasteiger partial charge in [0.25, 0.3) is 5.91 Å². The number of carbonyl (C=O) groups is 1. The van der Waals surface area contributed by atoms with Gasteiger partial charge >= 0.3 is 0 Å². The molecule has 1 aliphatic heterocycles. The summed E-state index contributed by atoms with van der Waals surface area (Å²) in [7, 11) is 2.09. The fraction of sp³-hybridized carbons (Fsp3) is 0.227. The van der Waals surface area contributed by atoms with Crippen molar-refractivity contribution in [2.45, 2.75) is 0 Å². The highest BCUT2D eigenvalue weighted by molar-refractivity contribution is 5.95. The summed E-state index contributed by atoms with van der Waals surface area (Å²) in [5, 5.41) is 5.84. The van der Waals surface area contributed by atoms with Crippen LogP contribution >= 0.6 is 0 Å². The summed E-state index contributed by atoms with van der Waals surface area (Å²) in [6.07, 6.45) is 0. The highest BCUT2D eigenvalue weighted by Gasteiger charge is 2.20. The smallest absolute Gasteiger partial charge is 0.254 e. The highest BCUT2D eigenvalue weighted by atomic mass is 16.2. The number of benzene rings is 3. The van der Waals surface area contributed by atoms with Gasteiger partial charge in [-0.3, -0.25) is 4.79 Å². The predicted octanol–water partition coefficient (Wildman–Crippen LogP) is 3.97. The number of hydrogen-bond acceptors (Lipinski definition) is 3. The fourth-order valence-corrected chi connectivity index (χ4v) is 3.36. The Hall–Kier alpha value is -2.85. The summed E-state index contributed by atoms with van der Waals surface area (Å²) in [5.74, 6) is 0.111. The molecule has 0 aromatic heterocycles. The topological polar surface area (TPSA) is 35.6 Å². The molecule has 3 aromatic carbocycles. The Bertz CT molecular complexity index is 929. The van der Waals surface area contributed by atoms with Crippen molar-refractivity contribution in [3.8, 4) is 0 Å². The first-order chi connectivity index (χ1) is 12.7. The maximum atomic E-state index is 12.8. The van der Waals surface area contributed by atoms with Crippen molar-refractivity contribution >= 4 is 28.1 Å². The van der Waals surface area contributed by atoms with E-state index in [1.54, 1.807) is 0 Å². The highest BCUT2D eigenvalue weighted by Crippen LogP contribution is 2.23. The Morgan fingerprint density at radius 2 is 1.54 bits per heavy atom. The number of amides is 1. The monoisotopic (exact) mass is 345 g/mol. The molecule has 0 radical (unpaired) electrons. The van der Waals surface area contributed by atoms with Crippen LogP contribution in [-0.2, 0) is 0 Å². The molecule has 1 heterocycles. The van der Waals surface area contributed by atoms with E-state index in [0.717, 1.165) is 43.1 Å². The zero-order chi connectivity index (χ0) is 17.9. The second kappa shape index (κ2) is 7.18. The van der Waals surface area contributed by atoms with Crippen LogP contribution in [0.25, 0.3) is 10.8 Å². The molecule has 0 saturated carbocycles. The largest absolute Gasteiger partial charge is 0.355 e. The van der Waals surface area contributed by atoms with Gasteiger partial charge in [0.2, 0.25) is 0 Å². The molecule has 3 aromatic rings. The molecule has 0 aliphatic carbocycles. The SMILES string of the molecule is CN1CCN(C(=O)c2cccc(Nc3ccc4ccccc4c3)c2)CC1. The van der Waals surface area contributed by atoms with Gasteiger partial charge in [-0.15, -0.1) is 0 Å². The van der Waals surface area contributed by atoms with E-state index >= 15 is 0 Å². The summed E-state index contributed by atoms with van der Waals surface area (Å²) in [4.78, 5) is 17.0. The maximum Gasteiger partial charge on any atom is 0.254 e. The third-order valence-corrected chi connectivity index (χ3v) is 4.94. The predicted molar refractivity (Wildman–Crippen MR) is 107 cm³/mol. The fourth-order valence-electron chi connectivity index (χ4n) is 3.36. The van der Waals surface area contributed by atoms with Crippen LogP contribution in [0, 0.1) is 0 Å². The van der Waals surface area contributed by atoms with Gasteiger partial charge in [0.05, 0.1) is 0 Å². The van der Waals surface area contributed by atoms with Crippen LogP contribution in [0.4, 0.5) is 11.4 Å². The molecule has 4 heteroatoms. The molecule has 4 rings (SSSR count). The Labute approximate surface area is 154 Å². The van der Waals surface area contributed by atoms with Gasteiger partial charge in [0, 0.05) is 43.1 Å². The second-order valence-corrected chi connectivity index (χ2v) is 6.86. The summed E-state index contributed by atoms with van der Waals surface area (Å²) < 4.78 is 0. The van der Waals surface area contributed by atoms with Crippen LogP contribution in [0.1, 0.15) is 10.4 Å². The van der Waals surface area contributed by atoms with Gasteiger partial charge in [-0.25, -0.2) is 0 Å². The van der Waals surface area contributed by atoms with Crippen molar-refractivity contribution in [2.24, 2.45) is 0 Å². The summed E-state index contributed by atoms with van der Waals surface area (Å²) in [6.45, 7) is 3.44. The van der Waals surface area contributed by atoms with E-state index in [1.807, 2.05) is 41.3 Å². The van der Waals surface area contributed by atoms with Crippen molar-refractivity contribution < 1.29 is 4.79 Å². The number of anilines is 2. The molecule has 0 atom stereocenters. The number of likely N-dealkylation sites (N-methyl/N-ethyl adjacent to an activating group) is 1. The zero-order valence-corrected chi connectivity index (χ0v) is 15.0. The Balaban J connectivity index is 1.52. The molecule has 1 N–H and O–H groups in total. The van der Waals surface area contributed by atoms with Crippen LogP contribution in [0.5, 0.6) is 0 Å². The molecular formula is C22H23N3O. The average Bonchev–Trinajstić information content (AvgIpc) is 2.68. The van der Waals surface area contributed by atoms with Gasteiger partial charge in [0.15, 0.2) is 0 Å². The third kappa shape index (κ3) is 3.55. The first-order valence-corrected chi connectivity index (χ1v) is 9.03. The molecule has 1 saturated heterocycles. The lowest BCUT2D eigenvalue weighted by molar-refractivity contribution is 0.0664. The van der Waals surface area contributed by atoms with Crippen LogP contribution in [0.2, 0.25) is 0 Å². The Morgan fingerprint density at radius 3 is 2.35 bits per heavy atom. The van der Waals surface area contributed by atoms with Crippen molar-refractivity contribution in [3.05, 3.63) is 72.3 Å². The van der Waals surface area contributed by atoms with Crippen LogP contribution < -0.4 is 5.32 Å². The van der Waals surface area contributed by atoms with E-state index in [1.165, 1.54) is 10.8 Å². The van der Waals surface area contributed by atoms with E-state index in [2.05, 4.69) is 47.6 Å². The average molecular weight is 345 g/mol. The normalized spacial score (nSPS) is 15.2. The van der Waals surface area contributed by atoms with Crippen molar-refractivity contribution in [2.75, 3.05) is 38.5 Å². The number of rotatable bonds is 3. The van der Waals surface area contributed by atoms with E-state index < -0.39 is 0 Å². The van der Waals surface area contributed by atoms with E-state index in [-0.39, 0.29) is 5.91 Å². The number of nitrogens with one attached hydrogen (secondary N) is 1. The maximum absolute atomic E-state index is 12.8. The minimum atomic E-state index is 0.111. The molecule has 26 heavy (non-hydrogen) atoms. The van der Waals surface area contributed by atoms with Crippen molar-refractivity contribution in [1.82, 2.24) is 9.80 Å². The molecule has 1 aliphatic rings. The van der Waals surface area contributed by atoms with Crippen LogP contribution in [0.3, 0.4) is 0 Å². The lowest BCUT2D eigenvalue weighted by Gasteiger charge is -2.32. The first kappa shape index (κ1) is 16.6. The standard InChI is InChI=1S/C22H23N3O/c1-24-11-13-25(14-12-24)22(26)19-7-4-8-20(16-19)23-21-10-9-17-5-2-3-6-18(17)15-21/h2-10,15-16,23H,11-14H2,1H3. The lowest BCUT2D eigenvalue weighted by Crippen LogP contribution is -2.47. The third-order valence-electron chi connectivity index (χ3n) is 4.94. The number of hydrogen-bond donors (Lipinski definition) is 1. The molecule has 132 valence electrons. The van der Waals surface area contributed by atoms with E-state index in [9.17, 15) is 4.79 Å². The van der Waals surface area contributed by atoms with E-state index in [0.29, 0.717) is 0 Å². The molecule has 4 nitrogen and oxygen atoms in total. The van der Waals surface area contributed by atoms with Gasteiger partial charge < -0.3 is 15.1 Å². The van der Waals surface area contributed by atoms with Gasteiger partial charge in [-0.1, -0.05) is 36.4 Å². The molecule has 1 amide bonds. The zero-order valence-electron chi connectivity index (χ0n) is 15.0. The minimum Gasteiger partial charge on any atom is -0.355 e. The second-order valence-electron chi connectivity index (χ2n) is 6.86. The number of fused-ring (bicyclic) bond motifs is 1. The van der Waals surface area contributed by atoms with Crippen molar-refractivity contribution in [3.63, 3.8) is 0 Å². The quantitative estimate of drug-likeness (QED) is 0.780. The molecule has 0 bridgehead atoms. The minimum absolute atomic E-state index is 0.111. The molecule has 0 spiro atoms. The van der Waals surface area contributed by atoms with E-state index in [4.69, 9.17) is 0 Å². The summed E-state index contributed by atoms with van der Waals surface area (Å²) in [6, 6.07) is 22.4. The van der Waals surface area contributed by atoms with Gasteiger partial charge in [-0.2, -0.15) is 0 Å². The van der Waals surface area contributed by atoms with Gasteiger partial charge in [0.1, 0.15) is 0 Å². The van der Waals surface area contributed by atoms with Crippen molar-refractivity contribution in [1.29, 1.82) is 0 Å². The Kier molecular flexibility index (Phi) is 4.59. The summed E-state index contributed by atoms with van der Waals surface area (Å²) in [5.41, 5.74) is 2.69. The summed E-state index contributed by atoms with van der Waals surface area (Å²) >= 11 is 0. The molecule has 0 unspecified atom stereocenters. The molecular weight excluding hydrogens is 322 g/mol. The number of nitrogens with zero attached hydrogens (tertiary/aromatic N) is 2. The number of carbonyl (C=O) groups excluding carboxylic acids is 1. The Morgan fingerprint density at radius 1 is 0.808 bits per heavy atom.